The van der Waals surface area contributed by atoms with Crippen molar-refractivity contribution >= 4 is 5.91 Å². The maximum atomic E-state index is 13.3. The molecule has 2 aliphatic rings. The van der Waals surface area contributed by atoms with E-state index >= 15 is 0 Å². The van der Waals surface area contributed by atoms with Crippen molar-refractivity contribution in [2.45, 2.75) is 74.7 Å². The number of hydrogen-bond acceptors (Lipinski definition) is 5. The van der Waals surface area contributed by atoms with E-state index in [0.29, 0.717) is 38.2 Å². The zero-order valence-electron chi connectivity index (χ0n) is 17.8. The quantitative estimate of drug-likeness (QED) is 0.694. The Morgan fingerprint density at radius 3 is 2.19 bits per heavy atom. The summed E-state index contributed by atoms with van der Waals surface area (Å²) in [6.45, 7) is 0.648. The molecule has 9 heteroatoms. The molecule has 1 amide bonds. The van der Waals surface area contributed by atoms with Crippen LogP contribution < -0.4 is 0 Å². The summed E-state index contributed by atoms with van der Waals surface area (Å²) >= 11 is 0. The van der Waals surface area contributed by atoms with Crippen molar-refractivity contribution in [1.29, 1.82) is 0 Å². The average Bonchev–Trinajstić information content (AvgIpc) is 3.44. The van der Waals surface area contributed by atoms with Gasteiger partial charge in [-0.1, -0.05) is 17.3 Å². The minimum atomic E-state index is -4.82. The number of benzene rings is 1. The zero-order valence-corrected chi connectivity index (χ0v) is 17.8. The van der Waals surface area contributed by atoms with Gasteiger partial charge in [-0.05, 0) is 63.1 Å². The molecule has 6 nitrogen and oxygen atoms in total. The van der Waals surface area contributed by atoms with Crippen molar-refractivity contribution in [1.82, 2.24) is 10.1 Å². The summed E-state index contributed by atoms with van der Waals surface area (Å²) in [5, 5.41) is 23.9. The molecule has 0 radical (unpaired) electrons. The van der Waals surface area contributed by atoms with Gasteiger partial charge in [0.15, 0.2) is 5.60 Å². The number of alkyl halides is 3. The number of rotatable bonds is 6. The molecule has 4 rings (SSSR count). The normalized spacial score (nSPS) is 25.9. The number of hydrogen-bond donors (Lipinski definition) is 2. The number of halogens is 3. The molecular formula is C23H27F3N2O4. The molecule has 174 valence electrons. The highest BCUT2D eigenvalue weighted by atomic mass is 19.4. The van der Waals surface area contributed by atoms with E-state index in [2.05, 4.69) is 5.16 Å². The Morgan fingerprint density at radius 1 is 1.12 bits per heavy atom. The number of nitrogens with zero attached hydrogens (tertiary/aromatic N) is 2. The lowest BCUT2D eigenvalue weighted by atomic mass is 9.70. The van der Waals surface area contributed by atoms with Gasteiger partial charge in [-0.2, -0.15) is 13.2 Å². The lowest BCUT2D eigenvalue weighted by Crippen LogP contribution is -2.47. The van der Waals surface area contributed by atoms with Crippen LogP contribution >= 0.6 is 0 Å². The fourth-order valence-corrected chi connectivity index (χ4v) is 4.65. The first-order valence-electron chi connectivity index (χ1n) is 10.8. The SMILES string of the molecule is C[C@](O)(c1ccc(C(=O)N(C2CC2)C2CCC(CO)(c3ccon3)CC2)cc1)C(F)(F)F. The molecule has 0 spiro atoms. The summed E-state index contributed by atoms with van der Waals surface area (Å²) in [5.74, 6) is -0.214. The largest absolute Gasteiger partial charge is 0.421 e. The molecule has 0 unspecified atom stereocenters. The van der Waals surface area contributed by atoms with Gasteiger partial charge in [-0.3, -0.25) is 4.79 Å². The highest BCUT2D eigenvalue weighted by Gasteiger charge is 2.51. The van der Waals surface area contributed by atoms with Crippen LogP contribution in [0.1, 0.15) is 67.1 Å². The van der Waals surface area contributed by atoms with E-state index in [4.69, 9.17) is 4.52 Å². The lowest BCUT2D eigenvalue weighted by molar-refractivity contribution is -0.258. The molecule has 2 aliphatic carbocycles. The van der Waals surface area contributed by atoms with Crippen LogP contribution in [0.5, 0.6) is 0 Å². The zero-order chi connectivity index (χ0) is 23.1. The second-order valence-electron chi connectivity index (χ2n) is 9.15. The van der Waals surface area contributed by atoms with Gasteiger partial charge >= 0.3 is 6.18 Å². The Bertz CT molecular complexity index is 929. The van der Waals surface area contributed by atoms with Crippen molar-refractivity contribution in [2.24, 2.45) is 0 Å². The second kappa shape index (κ2) is 8.19. The van der Waals surface area contributed by atoms with Gasteiger partial charge in [-0.15, -0.1) is 0 Å². The third-order valence-electron chi connectivity index (χ3n) is 7.01. The number of aromatic nitrogens is 1. The molecule has 1 heterocycles. The monoisotopic (exact) mass is 452 g/mol. The number of carbonyl (C=O) groups is 1. The summed E-state index contributed by atoms with van der Waals surface area (Å²) in [6.07, 6.45) is 1.17. The summed E-state index contributed by atoms with van der Waals surface area (Å²) in [6, 6.07) is 6.89. The Hall–Kier alpha value is -2.39. The van der Waals surface area contributed by atoms with E-state index < -0.39 is 17.2 Å². The maximum Gasteiger partial charge on any atom is 0.421 e. The van der Waals surface area contributed by atoms with Crippen LogP contribution in [0.3, 0.4) is 0 Å². The minimum absolute atomic E-state index is 0.0143. The number of carbonyl (C=O) groups excluding carboxylic acids is 1. The first kappa shape index (κ1) is 22.8. The molecule has 1 atom stereocenters. The fourth-order valence-electron chi connectivity index (χ4n) is 4.65. The Kier molecular flexibility index (Phi) is 5.83. The summed E-state index contributed by atoms with van der Waals surface area (Å²) in [5.41, 5.74) is -2.75. The molecule has 0 bridgehead atoms. The first-order chi connectivity index (χ1) is 15.1. The number of aliphatic hydroxyl groups is 2. The van der Waals surface area contributed by atoms with Crippen molar-refractivity contribution < 1.29 is 32.7 Å². The molecule has 32 heavy (non-hydrogen) atoms. The maximum absolute atomic E-state index is 13.3. The summed E-state index contributed by atoms with van der Waals surface area (Å²) < 4.78 is 44.3. The van der Waals surface area contributed by atoms with E-state index in [-0.39, 0.29) is 30.2 Å². The van der Waals surface area contributed by atoms with Gasteiger partial charge < -0.3 is 19.6 Å². The van der Waals surface area contributed by atoms with Crippen LogP contribution in [0, 0.1) is 0 Å². The van der Waals surface area contributed by atoms with E-state index in [1.165, 1.54) is 18.4 Å². The first-order valence-corrected chi connectivity index (χ1v) is 10.8. The van der Waals surface area contributed by atoms with Crippen LogP contribution in [0.4, 0.5) is 13.2 Å². The topological polar surface area (TPSA) is 86.8 Å². The third kappa shape index (κ3) is 4.03. The van der Waals surface area contributed by atoms with E-state index in [9.17, 15) is 28.2 Å². The molecule has 0 saturated heterocycles. The molecular weight excluding hydrogens is 425 g/mol. The van der Waals surface area contributed by atoms with E-state index in [1.54, 1.807) is 6.07 Å². The van der Waals surface area contributed by atoms with Gasteiger partial charge in [-0.25, -0.2) is 0 Å². The van der Waals surface area contributed by atoms with Crippen LogP contribution in [-0.4, -0.2) is 51.0 Å². The molecule has 1 aromatic heterocycles. The number of aliphatic hydroxyl groups excluding tert-OH is 1. The van der Waals surface area contributed by atoms with Crippen LogP contribution in [0.2, 0.25) is 0 Å². The molecule has 1 aromatic carbocycles. The fraction of sp³-hybridized carbons (Fsp3) is 0.565. The molecule has 2 fully saturated rings. The van der Waals surface area contributed by atoms with E-state index in [1.807, 2.05) is 4.90 Å². The third-order valence-corrected chi connectivity index (χ3v) is 7.01. The van der Waals surface area contributed by atoms with Crippen molar-refractivity contribution in [2.75, 3.05) is 6.61 Å². The molecule has 2 aromatic rings. The lowest BCUT2D eigenvalue weighted by Gasteiger charge is -2.42. The van der Waals surface area contributed by atoms with Crippen molar-refractivity contribution in [3.8, 4) is 0 Å². The number of amides is 1. The predicted molar refractivity (Wildman–Crippen MR) is 109 cm³/mol. The van der Waals surface area contributed by atoms with Crippen molar-refractivity contribution in [3.05, 3.63) is 53.4 Å². The molecule has 0 aliphatic heterocycles. The highest BCUT2D eigenvalue weighted by Crippen LogP contribution is 2.43. The van der Waals surface area contributed by atoms with Gasteiger partial charge in [0, 0.05) is 29.1 Å². The van der Waals surface area contributed by atoms with Gasteiger partial charge in [0.1, 0.15) is 6.26 Å². The van der Waals surface area contributed by atoms with Gasteiger partial charge in [0.05, 0.1) is 12.3 Å². The second-order valence-corrected chi connectivity index (χ2v) is 9.15. The smallest absolute Gasteiger partial charge is 0.395 e. The Morgan fingerprint density at radius 2 is 1.72 bits per heavy atom. The average molecular weight is 452 g/mol. The Labute approximate surface area is 184 Å². The van der Waals surface area contributed by atoms with Crippen LogP contribution in [0.15, 0.2) is 41.1 Å². The van der Waals surface area contributed by atoms with Crippen LogP contribution in [-0.2, 0) is 11.0 Å². The molecule has 2 N–H and O–H groups in total. The predicted octanol–water partition coefficient (Wildman–Crippen LogP) is 3.92. The standard InChI is InChI=1S/C23H27F3N2O4/c1-21(31,23(24,25)26)16-4-2-15(3-5-16)20(30)28(17-6-7-17)18-8-11-22(14-29,12-9-18)19-10-13-32-27-19/h2-5,10,13,17-18,29,31H,6-9,11-12,14H2,1H3/t18?,21-,22?/m0/s1. The molecule has 2 saturated carbocycles. The van der Waals surface area contributed by atoms with Crippen LogP contribution in [0.25, 0.3) is 0 Å². The van der Waals surface area contributed by atoms with Gasteiger partial charge in [0.2, 0.25) is 0 Å². The minimum Gasteiger partial charge on any atom is -0.395 e. The van der Waals surface area contributed by atoms with Gasteiger partial charge in [0.25, 0.3) is 5.91 Å². The summed E-state index contributed by atoms with van der Waals surface area (Å²) in [7, 11) is 0. The Balaban J connectivity index is 1.50. The van der Waals surface area contributed by atoms with E-state index in [0.717, 1.165) is 30.7 Å². The summed E-state index contributed by atoms with van der Waals surface area (Å²) in [4.78, 5) is 15.2. The van der Waals surface area contributed by atoms with Crippen molar-refractivity contribution in [3.63, 3.8) is 0 Å². The highest BCUT2D eigenvalue weighted by molar-refractivity contribution is 5.95.